The van der Waals surface area contributed by atoms with Gasteiger partial charge in [-0.1, -0.05) is 12.1 Å². The Labute approximate surface area is 129 Å². The van der Waals surface area contributed by atoms with Gasteiger partial charge in [0.15, 0.2) is 0 Å². The maximum atomic E-state index is 13.0. The predicted molar refractivity (Wildman–Crippen MR) is 83.3 cm³/mol. The summed E-state index contributed by atoms with van der Waals surface area (Å²) in [6.07, 6.45) is 1.37. The molecule has 2 heterocycles. The Morgan fingerprint density at radius 1 is 1.36 bits per heavy atom. The number of carbonyl (C=O) groups is 1. The molecule has 0 spiro atoms. The fraction of sp³-hybridized carbons (Fsp3) is 0.133. The number of aromatic nitrogens is 2. The molecule has 22 heavy (non-hydrogen) atoms. The molecule has 0 atom stereocenters. The number of benzene rings is 1. The highest BCUT2D eigenvalue weighted by molar-refractivity contribution is 7.17. The van der Waals surface area contributed by atoms with Crippen molar-refractivity contribution < 1.29 is 9.18 Å². The molecule has 0 fully saturated rings. The quantitative estimate of drug-likeness (QED) is 0.804. The molecule has 3 rings (SSSR count). The fourth-order valence-electron chi connectivity index (χ4n) is 2.16. The van der Waals surface area contributed by atoms with Gasteiger partial charge in [-0.3, -0.25) is 14.2 Å². The van der Waals surface area contributed by atoms with Crippen LogP contribution in [0.2, 0.25) is 0 Å². The molecule has 0 bridgehead atoms. The lowest BCUT2D eigenvalue weighted by Crippen LogP contribution is -2.30. The smallest absolute Gasteiger partial charge is 0.263 e. The zero-order valence-corrected chi connectivity index (χ0v) is 12.5. The third kappa shape index (κ3) is 2.50. The van der Waals surface area contributed by atoms with Crippen LogP contribution in [0.3, 0.4) is 0 Å². The van der Waals surface area contributed by atoms with Crippen molar-refractivity contribution in [2.45, 2.75) is 6.54 Å². The van der Waals surface area contributed by atoms with Crippen molar-refractivity contribution in [2.24, 2.45) is 0 Å². The van der Waals surface area contributed by atoms with Crippen LogP contribution in [0.25, 0.3) is 21.3 Å². The third-order valence-corrected chi connectivity index (χ3v) is 4.20. The minimum Gasteiger partial charge on any atom is -0.358 e. The number of rotatable bonds is 3. The van der Waals surface area contributed by atoms with Crippen LogP contribution in [-0.2, 0) is 11.3 Å². The van der Waals surface area contributed by atoms with Gasteiger partial charge in [0.25, 0.3) is 5.56 Å². The van der Waals surface area contributed by atoms with E-state index < -0.39 is 0 Å². The maximum Gasteiger partial charge on any atom is 0.263 e. The number of amides is 1. The lowest BCUT2D eigenvalue weighted by molar-refractivity contribution is -0.121. The number of fused-ring (bicyclic) bond motifs is 1. The van der Waals surface area contributed by atoms with Crippen LogP contribution in [0.1, 0.15) is 0 Å². The van der Waals surface area contributed by atoms with Crippen molar-refractivity contribution in [3.05, 3.63) is 52.1 Å². The van der Waals surface area contributed by atoms with E-state index in [2.05, 4.69) is 10.3 Å². The molecule has 1 amide bonds. The Morgan fingerprint density at radius 3 is 2.77 bits per heavy atom. The first-order valence-corrected chi connectivity index (χ1v) is 7.41. The molecule has 0 saturated heterocycles. The molecule has 0 unspecified atom stereocenters. The lowest BCUT2D eigenvalue weighted by Gasteiger charge is -2.05. The second-order valence-electron chi connectivity index (χ2n) is 4.69. The molecule has 3 aromatic rings. The van der Waals surface area contributed by atoms with Gasteiger partial charge < -0.3 is 5.32 Å². The van der Waals surface area contributed by atoms with Crippen LogP contribution >= 0.6 is 11.3 Å². The first-order valence-electron chi connectivity index (χ1n) is 6.53. The summed E-state index contributed by atoms with van der Waals surface area (Å²) in [5, 5.41) is 4.73. The first-order chi connectivity index (χ1) is 10.6. The number of likely N-dealkylation sites (N-methyl/N-ethyl adjacent to an activating group) is 1. The minimum atomic E-state index is -0.335. The van der Waals surface area contributed by atoms with Crippen molar-refractivity contribution in [1.29, 1.82) is 0 Å². The van der Waals surface area contributed by atoms with Crippen molar-refractivity contribution in [2.75, 3.05) is 7.05 Å². The summed E-state index contributed by atoms with van der Waals surface area (Å²) in [6.45, 7) is -0.0863. The Bertz CT molecular complexity index is 899. The average Bonchev–Trinajstić information content (AvgIpc) is 2.95. The number of hydrogen-bond donors (Lipinski definition) is 1. The largest absolute Gasteiger partial charge is 0.358 e. The highest BCUT2D eigenvalue weighted by atomic mass is 32.1. The van der Waals surface area contributed by atoms with E-state index in [0.29, 0.717) is 15.8 Å². The summed E-state index contributed by atoms with van der Waals surface area (Å²) in [5.74, 6) is -0.611. The summed E-state index contributed by atoms with van der Waals surface area (Å²) < 4.78 is 14.3. The van der Waals surface area contributed by atoms with E-state index in [1.807, 2.05) is 5.38 Å². The Balaban J connectivity index is 2.16. The number of nitrogens with zero attached hydrogens (tertiary/aromatic N) is 2. The molecule has 1 aromatic carbocycles. The molecular formula is C15H12FN3O2S. The number of hydrogen-bond acceptors (Lipinski definition) is 4. The molecule has 0 aliphatic carbocycles. The lowest BCUT2D eigenvalue weighted by atomic mass is 10.1. The molecule has 1 N–H and O–H groups in total. The second-order valence-corrected chi connectivity index (χ2v) is 5.55. The first kappa shape index (κ1) is 14.4. The normalized spacial score (nSPS) is 10.8. The molecule has 0 saturated carbocycles. The van der Waals surface area contributed by atoms with Gasteiger partial charge in [-0.05, 0) is 17.7 Å². The van der Waals surface area contributed by atoms with Gasteiger partial charge in [-0.15, -0.1) is 11.3 Å². The van der Waals surface area contributed by atoms with Crippen LogP contribution in [0, 0.1) is 5.82 Å². The number of halogens is 1. The summed E-state index contributed by atoms with van der Waals surface area (Å²) in [5.41, 5.74) is 1.15. The molecule has 0 aliphatic heterocycles. The summed E-state index contributed by atoms with van der Waals surface area (Å²) in [6, 6.07) is 5.93. The van der Waals surface area contributed by atoms with Gasteiger partial charge in [-0.2, -0.15) is 0 Å². The van der Waals surface area contributed by atoms with E-state index in [0.717, 1.165) is 5.56 Å². The van der Waals surface area contributed by atoms with Gasteiger partial charge in [0.2, 0.25) is 5.91 Å². The molecule has 5 nitrogen and oxygen atoms in total. The van der Waals surface area contributed by atoms with Crippen LogP contribution in [0.5, 0.6) is 0 Å². The van der Waals surface area contributed by atoms with Crippen molar-refractivity contribution >= 4 is 27.5 Å². The summed E-state index contributed by atoms with van der Waals surface area (Å²) >= 11 is 1.34. The zero-order valence-electron chi connectivity index (χ0n) is 11.7. The van der Waals surface area contributed by atoms with Gasteiger partial charge in [0.05, 0.1) is 11.7 Å². The second kappa shape index (κ2) is 5.69. The van der Waals surface area contributed by atoms with Crippen molar-refractivity contribution in [3.8, 4) is 11.1 Å². The van der Waals surface area contributed by atoms with E-state index in [-0.39, 0.29) is 23.8 Å². The number of thiophene rings is 1. The van der Waals surface area contributed by atoms with E-state index in [1.54, 1.807) is 12.1 Å². The highest BCUT2D eigenvalue weighted by Crippen LogP contribution is 2.30. The standard InChI is InChI=1S/C15H12FN3O2S/c1-17-12(20)6-19-8-18-14-13(15(19)21)11(7-22-14)9-2-4-10(16)5-3-9/h2-5,7-8H,6H2,1H3,(H,17,20). The van der Waals surface area contributed by atoms with Crippen LogP contribution in [0.4, 0.5) is 4.39 Å². The third-order valence-electron chi connectivity index (χ3n) is 3.31. The van der Waals surface area contributed by atoms with Gasteiger partial charge >= 0.3 is 0 Å². The van der Waals surface area contributed by atoms with E-state index in [1.165, 1.54) is 41.4 Å². The van der Waals surface area contributed by atoms with E-state index in [4.69, 9.17) is 0 Å². The monoisotopic (exact) mass is 317 g/mol. The highest BCUT2D eigenvalue weighted by Gasteiger charge is 2.14. The maximum absolute atomic E-state index is 13.0. The van der Waals surface area contributed by atoms with Crippen molar-refractivity contribution in [3.63, 3.8) is 0 Å². The average molecular weight is 317 g/mol. The number of carbonyl (C=O) groups excluding carboxylic acids is 1. The molecule has 112 valence electrons. The zero-order chi connectivity index (χ0) is 15.7. The van der Waals surface area contributed by atoms with Gasteiger partial charge in [0.1, 0.15) is 17.2 Å². The molecule has 0 radical (unpaired) electrons. The number of nitrogens with one attached hydrogen (secondary N) is 1. The molecule has 7 heteroatoms. The fourth-order valence-corrected chi connectivity index (χ4v) is 3.06. The van der Waals surface area contributed by atoms with E-state index >= 15 is 0 Å². The summed E-state index contributed by atoms with van der Waals surface area (Å²) in [7, 11) is 1.51. The Morgan fingerprint density at radius 2 is 2.09 bits per heavy atom. The SMILES string of the molecule is CNC(=O)Cn1cnc2scc(-c3ccc(F)cc3)c2c1=O. The van der Waals surface area contributed by atoms with Gasteiger partial charge in [0, 0.05) is 18.0 Å². The van der Waals surface area contributed by atoms with Crippen LogP contribution in [0.15, 0.2) is 40.8 Å². The minimum absolute atomic E-state index is 0.0863. The van der Waals surface area contributed by atoms with Gasteiger partial charge in [-0.25, -0.2) is 9.37 Å². The van der Waals surface area contributed by atoms with E-state index in [9.17, 15) is 14.0 Å². The van der Waals surface area contributed by atoms with Crippen molar-refractivity contribution in [1.82, 2.24) is 14.9 Å². The molecular weight excluding hydrogens is 305 g/mol. The molecule has 0 aliphatic rings. The Hall–Kier alpha value is -2.54. The van der Waals surface area contributed by atoms with Crippen LogP contribution in [-0.4, -0.2) is 22.5 Å². The predicted octanol–water partition coefficient (Wildman–Crippen LogP) is 2.01. The topological polar surface area (TPSA) is 64.0 Å². The summed E-state index contributed by atoms with van der Waals surface area (Å²) in [4.78, 5) is 28.9. The molecule has 2 aromatic heterocycles. The Kier molecular flexibility index (Phi) is 3.72. The van der Waals surface area contributed by atoms with Crippen LogP contribution < -0.4 is 10.9 Å².